The lowest BCUT2D eigenvalue weighted by Crippen LogP contribution is -1.96. The molecule has 0 bridgehead atoms. The van der Waals surface area contributed by atoms with E-state index in [0.717, 1.165) is 0 Å². The smallest absolute Gasteiger partial charge is 0.242 e. The van der Waals surface area contributed by atoms with Gasteiger partial charge in [-0.05, 0) is 37.9 Å². The summed E-state index contributed by atoms with van der Waals surface area (Å²) < 4.78 is 22.6. The van der Waals surface area contributed by atoms with Gasteiger partial charge in [-0.15, -0.1) is 0 Å². The number of hydrogen-bond acceptors (Lipinski definition) is 3. The highest BCUT2D eigenvalue weighted by atomic mass is 79.9. The number of halogens is 3. The summed E-state index contributed by atoms with van der Waals surface area (Å²) in [4.78, 5) is 3.61. The first-order valence-electron chi connectivity index (χ1n) is 2.67. The molecule has 3 nitrogen and oxygen atoms in total. The van der Waals surface area contributed by atoms with E-state index in [0.29, 0.717) is 8.95 Å². The fourth-order valence-electron chi connectivity index (χ4n) is 0.572. The molecule has 1 rings (SSSR count). The summed E-state index contributed by atoms with van der Waals surface area (Å²) in [5.41, 5.74) is 0. The second-order valence-corrected chi connectivity index (χ2v) is 5.98. The van der Waals surface area contributed by atoms with E-state index >= 15 is 0 Å². The summed E-state index contributed by atoms with van der Waals surface area (Å²) in [5, 5.41) is -0.182. The highest BCUT2D eigenvalue weighted by Gasteiger charge is 2.17. The predicted molar refractivity (Wildman–Crippen MR) is 52.7 cm³/mol. The van der Waals surface area contributed by atoms with Crippen molar-refractivity contribution in [3.63, 3.8) is 0 Å². The van der Waals surface area contributed by atoms with Crippen LogP contribution in [0.3, 0.4) is 0 Å². The molecule has 0 N–H and O–H groups in total. The normalized spacial score (nSPS) is 11.6. The van der Waals surface area contributed by atoms with Crippen LogP contribution in [0, 0.1) is 0 Å². The van der Waals surface area contributed by atoms with Gasteiger partial charge in [-0.1, -0.05) is 0 Å². The van der Waals surface area contributed by atoms with Gasteiger partial charge in [-0.3, -0.25) is 0 Å². The van der Waals surface area contributed by atoms with Gasteiger partial charge in [-0.2, -0.15) is 0 Å². The Hall–Kier alpha value is 0.350. The maximum absolute atomic E-state index is 10.9. The zero-order valence-electron chi connectivity index (χ0n) is 5.46. The highest BCUT2D eigenvalue weighted by molar-refractivity contribution is 9.13. The fourth-order valence-corrected chi connectivity index (χ4v) is 3.02. The molecule has 0 saturated carbocycles. The molecule has 66 valence electrons. The molecule has 0 aliphatic carbocycles. The Morgan fingerprint density at radius 1 is 1.42 bits per heavy atom. The van der Waals surface area contributed by atoms with Crippen LogP contribution in [0.25, 0.3) is 0 Å². The standard InChI is InChI=1S/C5H2Br2ClNO2S/c6-3-1-2-9-5(4(3)7)12(8,10)11/h1-2H. The van der Waals surface area contributed by atoms with Gasteiger partial charge >= 0.3 is 0 Å². The van der Waals surface area contributed by atoms with E-state index in [1.54, 1.807) is 6.07 Å². The lowest BCUT2D eigenvalue weighted by atomic mass is 10.5. The molecular formula is C5H2Br2ClNO2S. The number of aromatic nitrogens is 1. The van der Waals surface area contributed by atoms with Crippen LogP contribution in [-0.4, -0.2) is 13.4 Å². The third-order valence-corrected chi connectivity index (χ3v) is 4.51. The molecule has 1 aromatic heterocycles. The molecule has 0 saturated heterocycles. The first kappa shape index (κ1) is 10.4. The highest BCUT2D eigenvalue weighted by Crippen LogP contribution is 2.29. The molecule has 0 radical (unpaired) electrons. The second kappa shape index (κ2) is 3.61. The predicted octanol–water partition coefficient (Wildman–Crippen LogP) is 2.53. The van der Waals surface area contributed by atoms with Crippen molar-refractivity contribution in [2.45, 2.75) is 5.03 Å². The molecule has 0 spiro atoms. The van der Waals surface area contributed by atoms with Crippen LogP contribution in [0.15, 0.2) is 26.2 Å². The topological polar surface area (TPSA) is 47.0 Å². The molecule has 1 heterocycles. The van der Waals surface area contributed by atoms with Gasteiger partial charge in [0.2, 0.25) is 0 Å². The van der Waals surface area contributed by atoms with Gasteiger partial charge in [0, 0.05) is 21.4 Å². The van der Waals surface area contributed by atoms with Crippen LogP contribution in [-0.2, 0) is 9.05 Å². The maximum Gasteiger partial charge on any atom is 0.279 e. The first-order valence-corrected chi connectivity index (χ1v) is 6.57. The van der Waals surface area contributed by atoms with Gasteiger partial charge < -0.3 is 0 Å². The van der Waals surface area contributed by atoms with Crippen molar-refractivity contribution in [2.24, 2.45) is 0 Å². The van der Waals surface area contributed by atoms with Crippen molar-refractivity contribution in [2.75, 3.05) is 0 Å². The Morgan fingerprint density at radius 3 is 2.42 bits per heavy atom. The molecule has 0 aliphatic rings. The third-order valence-electron chi connectivity index (χ3n) is 1.04. The fraction of sp³-hybridized carbons (Fsp3) is 0. The minimum Gasteiger partial charge on any atom is -0.242 e. The molecule has 0 aliphatic heterocycles. The van der Waals surface area contributed by atoms with E-state index in [1.165, 1.54) is 6.20 Å². The molecule has 0 unspecified atom stereocenters. The monoisotopic (exact) mass is 333 g/mol. The summed E-state index contributed by atoms with van der Waals surface area (Å²) >= 11 is 6.17. The maximum atomic E-state index is 10.9. The summed E-state index contributed by atoms with van der Waals surface area (Å²) in [6.45, 7) is 0. The van der Waals surface area contributed by atoms with Crippen LogP contribution in [0.4, 0.5) is 0 Å². The van der Waals surface area contributed by atoms with Crippen LogP contribution < -0.4 is 0 Å². The average molecular weight is 335 g/mol. The Balaban J connectivity index is 3.47. The van der Waals surface area contributed by atoms with Gasteiger partial charge in [0.15, 0.2) is 5.03 Å². The van der Waals surface area contributed by atoms with Crippen LogP contribution in [0.1, 0.15) is 0 Å². The summed E-state index contributed by atoms with van der Waals surface area (Å²) in [5.74, 6) is 0. The molecule has 1 aromatic rings. The zero-order chi connectivity index (χ0) is 9.35. The van der Waals surface area contributed by atoms with Gasteiger partial charge in [0.05, 0.1) is 4.47 Å². The molecule has 0 aromatic carbocycles. The van der Waals surface area contributed by atoms with E-state index < -0.39 is 9.05 Å². The van der Waals surface area contributed by atoms with Gasteiger partial charge in [-0.25, -0.2) is 13.4 Å². The van der Waals surface area contributed by atoms with Crippen LogP contribution in [0.2, 0.25) is 0 Å². The zero-order valence-corrected chi connectivity index (χ0v) is 10.2. The molecular weight excluding hydrogens is 333 g/mol. The van der Waals surface area contributed by atoms with E-state index in [4.69, 9.17) is 10.7 Å². The number of rotatable bonds is 1. The minimum absolute atomic E-state index is 0.182. The number of hydrogen-bond donors (Lipinski definition) is 0. The molecule has 12 heavy (non-hydrogen) atoms. The average Bonchev–Trinajstić information content (AvgIpc) is 1.92. The lowest BCUT2D eigenvalue weighted by molar-refractivity contribution is 0.605. The van der Waals surface area contributed by atoms with Crippen molar-refractivity contribution < 1.29 is 8.42 Å². The molecule has 0 amide bonds. The van der Waals surface area contributed by atoms with E-state index in [9.17, 15) is 8.42 Å². The Morgan fingerprint density at radius 2 is 2.00 bits per heavy atom. The van der Waals surface area contributed by atoms with Crippen LogP contribution >= 0.6 is 42.5 Å². The summed E-state index contributed by atoms with van der Waals surface area (Å²) in [6, 6.07) is 1.61. The van der Waals surface area contributed by atoms with Crippen molar-refractivity contribution in [3.8, 4) is 0 Å². The number of pyridine rings is 1. The largest absolute Gasteiger partial charge is 0.279 e. The molecule has 7 heteroatoms. The second-order valence-electron chi connectivity index (χ2n) is 1.85. The Bertz CT molecular complexity index is 406. The van der Waals surface area contributed by atoms with E-state index in [2.05, 4.69) is 36.8 Å². The van der Waals surface area contributed by atoms with Gasteiger partial charge in [0.25, 0.3) is 9.05 Å². The number of nitrogens with zero attached hydrogens (tertiary/aromatic N) is 1. The first-order chi connectivity index (χ1) is 5.43. The van der Waals surface area contributed by atoms with Crippen molar-refractivity contribution in [1.82, 2.24) is 4.98 Å². The van der Waals surface area contributed by atoms with Crippen LogP contribution in [0.5, 0.6) is 0 Å². The van der Waals surface area contributed by atoms with Crippen molar-refractivity contribution >= 4 is 51.6 Å². The lowest BCUT2D eigenvalue weighted by Gasteiger charge is -1.99. The Kier molecular flexibility index (Phi) is 3.14. The Labute approximate surface area is 90.8 Å². The van der Waals surface area contributed by atoms with E-state index in [-0.39, 0.29) is 5.03 Å². The van der Waals surface area contributed by atoms with Crippen molar-refractivity contribution in [3.05, 3.63) is 21.2 Å². The van der Waals surface area contributed by atoms with E-state index in [1.807, 2.05) is 0 Å². The molecule has 0 atom stereocenters. The summed E-state index contributed by atoms with van der Waals surface area (Å²) in [7, 11) is 1.32. The SMILES string of the molecule is O=S(=O)(Cl)c1nccc(Br)c1Br. The molecule has 0 fully saturated rings. The minimum atomic E-state index is -3.77. The van der Waals surface area contributed by atoms with Gasteiger partial charge in [0.1, 0.15) is 0 Å². The summed E-state index contributed by atoms with van der Waals surface area (Å²) in [6.07, 6.45) is 1.35. The quantitative estimate of drug-likeness (QED) is 0.741. The van der Waals surface area contributed by atoms with Crippen molar-refractivity contribution in [1.29, 1.82) is 0 Å². The third kappa shape index (κ3) is 2.18.